The topological polar surface area (TPSA) is 38.9 Å². The summed E-state index contributed by atoms with van der Waals surface area (Å²) in [5.41, 5.74) is 9.07. The predicted molar refractivity (Wildman–Crippen MR) is 193 cm³/mol. The van der Waals surface area contributed by atoms with Gasteiger partial charge in [0, 0.05) is 42.0 Å². The second kappa shape index (κ2) is 14.3. The summed E-state index contributed by atoms with van der Waals surface area (Å²) in [6, 6.07) is 52.4. The van der Waals surface area contributed by atoms with E-state index in [1.54, 1.807) is 0 Å². The van der Waals surface area contributed by atoms with Gasteiger partial charge in [0.1, 0.15) is 5.58 Å². The van der Waals surface area contributed by atoms with Crippen LogP contribution in [0.25, 0.3) is 55.6 Å². The Hall–Kier alpha value is -5.15. The molecule has 3 nitrogen and oxygen atoms in total. The molecule has 0 bridgehead atoms. The van der Waals surface area contributed by atoms with Gasteiger partial charge in [-0.1, -0.05) is 122 Å². The zero-order chi connectivity index (χ0) is 34.7. The van der Waals surface area contributed by atoms with Gasteiger partial charge in [0.15, 0.2) is 0 Å². The van der Waals surface area contributed by atoms with Crippen molar-refractivity contribution in [1.29, 1.82) is 0 Å². The molecule has 0 aliphatic rings. The van der Waals surface area contributed by atoms with Gasteiger partial charge in [-0.15, -0.1) is 53.6 Å². The maximum atomic E-state index is 7.91. The fraction of sp³-hybridized carbons (Fsp3) is 0.0909. The zero-order valence-corrected chi connectivity index (χ0v) is 29.0. The van der Waals surface area contributed by atoms with E-state index in [9.17, 15) is 0 Å². The molecule has 8 aromatic rings. The van der Waals surface area contributed by atoms with Gasteiger partial charge in [-0.3, -0.25) is 0 Å². The standard InChI is InChI=1S/C24H16NO.C20H18N.Ir/c1-16-15-25-22(14-21(16)17-8-3-2-4-9-17)20-12-7-11-19-18-10-5-6-13-23(18)26-24(19)20;1-20(2,17-10-4-3-5-11-17)18-12-8-9-16(15-18)19-13-6-7-14-21-19;/h2-11,13-15H,1H3;3-8,10-15H,1-2H3;/q2*-1;/i1D3;;. The fourth-order valence-corrected chi connectivity index (χ4v) is 5.88. The van der Waals surface area contributed by atoms with Gasteiger partial charge >= 0.3 is 0 Å². The van der Waals surface area contributed by atoms with Crippen LogP contribution in [0.4, 0.5) is 0 Å². The SMILES string of the molecule is CC(C)(c1ccccc1)c1cc[c-]c(-c2ccccn2)c1.[2H]C([2H])([2H])c1cnc(-c2[c-]ccc3c2oc2ccccc23)cc1-c1ccccc1.[Ir]. The minimum absolute atomic E-state index is 0. The summed E-state index contributed by atoms with van der Waals surface area (Å²) in [7, 11) is 0. The van der Waals surface area contributed by atoms with Crippen LogP contribution >= 0.6 is 0 Å². The van der Waals surface area contributed by atoms with Gasteiger partial charge in [0.05, 0.1) is 5.58 Å². The number of para-hydroxylation sites is 1. The number of aryl methyl sites for hydroxylation is 1. The molecular weight excluding hydrogens is 765 g/mol. The molecule has 0 aliphatic heterocycles. The predicted octanol–water partition coefficient (Wildman–Crippen LogP) is 11.3. The van der Waals surface area contributed by atoms with E-state index in [2.05, 4.69) is 78.4 Å². The van der Waals surface area contributed by atoms with Crippen LogP contribution in [-0.4, -0.2) is 9.97 Å². The van der Waals surface area contributed by atoms with Crippen molar-refractivity contribution in [2.75, 3.05) is 0 Å². The number of rotatable bonds is 5. The number of pyridine rings is 2. The molecule has 48 heavy (non-hydrogen) atoms. The Morgan fingerprint density at radius 3 is 2.17 bits per heavy atom. The van der Waals surface area contributed by atoms with E-state index < -0.39 is 6.85 Å². The Kier molecular flexibility index (Phi) is 8.65. The molecule has 0 amide bonds. The van der Waals surface area contributed by atoms with E-state index >= 15 is 0 Å². The van der Waals surface area contributed by atoms with Crippen molar-refractivity contribution >= 4 is 21.9 Å². The molecule has 3 heterocycles. The third-order valence-electron chi connectivity index (χ3n) is 8.54. The second-order valence-corrected chi connectivity index (χ2v) is 11.9. The van der Waals surface area contributed by atoms with Crippen molar-refractivity contribution in [3.63, 3.8) is 0 Å². The molecule has 1 radical (unpaired) electrons. The molecule has 8 rings (SSSR count). The molecule has 0 spiro atoms. The van der Waals surface area contributed by atoms with Gasteiger partial charge < -0.3 is 14.4 Å². The number of fused-ring (bicyclic) bond motifs is 3. The number of nitrogens with zero attached hydrogens (tertiary/aromatic N) is 2. The Morgan fingerprint density at radius 1 is 0.667 bits per heavy atom. The Bertz CT molecular complexity index is 2390. The maximum Gasteiger partial charge on any atom is 0.120 e. The monoisotopic (exact) mass is 802 g/mol. The van der Waals surface area contributed by atoms with Crippen molar-refractivity contribution in [3.8, 4) is 33.6 Å². The molecule has 0 N–H and O–H groups in total. The van der Waals surface area contributed by atoms with Crippen LogP contribution in [0.3, 0.4) is 0 Å². The molecule has 0 saturated heterocycles. The van der Waals surface area contributed by atoms with Crippen molar-refractivity contribution in [2.24, 2.45) is 0 Å². The molecule has 3 aromatic heterocycles. The molecule has 0 saturated carbocycles. The van der Waals surface area contributed by atoms with Crippen molar-refractivity contribution in [1.82, 2.24) is 9.97 Å². The molecular formula is C44H34IrN2O-2. The van der Waals surface area contributed by atoms with Crippen molar-refractivity contribution in [2.45, 2.75) is 26.1 Å². The first kappa shape index (κ1) is 29.0. The number of benzene rings is 5. The molecule has 0 fully saturated rings. The number of hydrogen-bond acceptors (Lipinski definition) is 3. The van der Waals surface area contributed by atoms with E-state index in [1.165, 1.54) is 17.3 Å². The van der Waals surface area contributed by atoms with Gasteiger partial charge in [-0.25, -0.2) is 0 Å². The largest absolute Gasteiger partial charge is 0.501 e. The van der Waals surface area contributed by atoms with Crippen molar-refractivity contribution < 1.29 is 28.6 Å². The Labute approximate surface area is 299 Å². The van der Waals surface area contributed by atoms with E-state index in [0.29, 0.717) is 22.4 Å². The van der Waals surface area contributed by atoms with Crippen LogP contribution in [0, 0.1) is 19.0 Å². The van der Waals surface area contributed by atoms with Crippen LogP contribution in [0.5, 0.6) is 0 Å². The van der Waals surface area contributed by atoms with Crippen LogP contribution in [0.2, 0.25) is 0 Å². The normalized spacial score (nSPS) is 12.2. The maximum absolute atomic E-state index is 7.91. The van der Waals surface area contributed by atoms with Crippen LogP contribution in [0.1, 0.15) is 34.7 Å². The van der Waals surface area contributed by atoms with Gasteiger partial charge in [-0.2, -0.15) is 0 Å². The third kappa shape index (κ3) is 6.64. The number of hydrogen-bond donors (Lipinski definition) is 0. The second-order valence-electron chi connectivity index (χ2n) is 11.9. The third-order valence-corrected chi connectivity index (χ3v) is 8.54. The molecule has 0 unspecified atom stereocenters. The summed E-state index contributed by atoms with van der Waals surface area (Å²) in [6.07, 6.45) is 3.26. The minimum Gasteiger partial charge on any atom is -0.501 e. The van der Waals surface area contributed by atoms with E-state index in [1.807, 2.05) is 103 Å². The molecule has 4 heteroatoms. The van der Waals surface area contributed by atoms with Gasteiger partial charge in [-0.05, 0) is 58.0 Å². The zero-order valence-electron chi connectivity index (χ0n) is 29.6. The summed E-state index contributed by atoms with van der Waals surface area (Å²) in [5, 5.41) is 2.01. The quantitative estimate of drug-likeness (QED) is 0.163. The summed E-state index contributed by atoms with van der Waals surface area (Å²) < 4.78 is 29.8. The molecule has 0 atom stereocenters. The molecule has 5 aromatic carbocycles. The first-order valence-corrected chi connectivity index (χ1v) is 15.6. The van der Waals surface area contributed by atoms with E-state index in [0.717, 1.165) is 33.2 Å². The van der Waals surface area contributed by atoms with Crippen molar-refractivity contribution in [3.05, 3.63) is 181 Å². The minimum atomic E-state index is -2.26. The number of aromatic nitrogens is 2. The first-order chi connectivity index (χ1) is 24.2. The summed E-state index contributed by atoms with van der Waals surface area (Å²) in [6.45, 7) is 2.24. The average Bonchev–Trinajstić information content (AvgIpc) is 3.55. The fourth-order valence-electron chi connectivity index (χ4n) is 5.88. The average molecular weight is 802 g/mol. The van der Waals surface area contributed by atoms with Crippen LogP contribution < -0.4 is 0 Å². The van der Waals surface area contributed by atoms with Gasteiger partial charge in [0.2, 0.25) is 0 Å². The molecule has 237 valence electrons. The molecule has 0 aliphatic carbocycles. The Morgan fingerprint density at radius 2 is 1.40 bits per heavy atom. The summed E-state index contributed by atoms with van der Waals surface area (Å²) in [5.74, 6) is 0. The van der Waals surface area contributed by atoms with Crippen LogP contribution in [0.15, 0.2) is 156 Å². The summed E-state index contributed by atoms with van der Waals surface area (Å²) >= 11 is 0. The first-order valence-electron chi connectivity index (χ1n) is 17.1. The van der Waals surface area contributed by atoms with Crippen LogP contribution in [-0.2, 0) is 25.5 Å². The Balaban J connectivity index is 0.000000181. The smallest absolute Gasteiger partial charge is 0.120 e. The van der Waals surface area contributed by atoms with Gasteiger partial charge in [0.25, 0.3) is 0 Å². The number of furan rings is 1. The van der Waals surface area contributed by atoms with E-state index in [-0.39, 0.29) is 31.1 Å². The summed E-state index contributed by atoms with van der Waals surface area (Å²) in [4.78, 5) is 8.88. The van der Waals surface area contributed by atoms with E-state index in [4.69, 9.17) is 8.53 Å².